The highest BCUT2D eigenvalue weighted by Gasteiger charge is 2.21. The fraction of sp³-hybridized carbons (Fsp3) is 0.158. The molecule has 3 aromatic rings. The van der Waals surface area contributed by atoms with Crippen molar-refractivity contribution in [2.24, 2.45) is 0 Å². The number of carbonyl (C=O) groups is 2. The van der Waals surface area contributed by atoms with Gasteiger partial charge in [0.05, 0.1) is 15.1 Å². The Morgan fingerprint density at radius 1 is 1.03 bits per heavy atom. The summed E-state index contributed by atoms with van der Waals surface area (Å²) in [6.45, 7) is 1.81. The number of nitro groups is 2. The van der Waals surface area contributed by atoms with E-state index < -0.39 is 21.0 Å². The van der Waals surface area contributed by atoms with E-state index in [2.05, 4.69) is 20.8 Å². The molecule has 1 unspecified atom stereocenters. The van der Waals surface area contributed by atoms with Crippen LogP contribution in [0.25, 0.3) is 0 Å². The van der Waals surface area contributed by atoms with Gasteiger partial charge in [-0.2, -0.15) is 0 Å². The molecule has 1 heterocycles. The highest BCUT2D eigenvalue weighted by Crippen LogP contribution is 2.31. The molecule has 12 nitrogen and oxygen atoms in total. The van der Waals surface area contributed by atoms with E-state index in [1.54, 1.807) is 6.07 Å². The zero-order valence-electron chi connectivity index (χ0n) is 17.0. The van der Waals surface area contributed by atoms with Crippen LogP contribution in [0.15, 0.2) is 52.9 Å². The molecule has 3 rings (SSSR count). The van der Waals surface area contributed by atoms with Gasteiger partial charge in [-0.1, -0.05) is 36.1 Å². The average molecular weight is 489 g/mol. The normalized spacial score (nSPS) is 11.4. The first-order valence-electron chi connectivity index (χ1n) is 9.38. The molecule has 0 radical (unpaired) electrons. The van der Waals surface area contributed by atoms with Crippen molar-refractivity contribution in [2.75, 3.05) is 10.6 Å². The molecule has 0 fully saturated rings. The summed E-state index contributed by atoms with van der Waals surface area (Å²) in [5.41, 5.74) is 0.260. The van der Waals surface area contributed by atoms with Crippen LogP contribution in [0, 0.1) is 20.2 Å². The van der Waals surface area contributed by atoms with Gasteiger partial charge in [-0.05, 0) is 24.6 Å². The second-order valence-electron chi connectivity index (χ2n) is 6.44. The molecule has 0 bridgehead atoms. The second-order valence-corrected chi connectivity index (χ2v) is 8.87. The van der Waals surface area contributed by atoms with E-state index in [0.29, 0.717) is 16.4 Å². The molecule has 1 aromatic heterocycles. The lowest BCUT2D eigenvalue weighted by Gasteiger charge is -2.12. The molecule has 1 atom stereocenters. The molecule has 2 amide bonds. The number of aromatic nitrogens is 2. The highest BCUT2D eigenvalue weighted by atomic mass is 32.2. The molecule has 0 aliphatic carbocycles. The van der Waals surface area contributed by atoms with Crippen LogP contribution >= 0.6 is 23.1 Å². The number of anilines is 2. The minimum absolute atomic E-state index is 0.129. The Hall–Kier alpha value is -3.91. The topological polar surface area (TPSA) is 170 Å². The van der Waals surface area contributed by atoms with Crippen LogP contribution in [-0.2, 0) is 4.79 Å². The molecular weight excluding hydrogens is 472 g/mol. The highest BCUT2D eigenvalue weighted by molar-refractivity contribution is 8.02. The maximum absolute atomic E-state index is 12.6. The predicted molar refractivity (Wildman–Crippen MR) is 123 cm³/mol. The number of nitrogens with one attached hydrogen (secondary N) is 2. The lowest BCUT2D eigenvalue weighted by atomic mass is 10.2. The third-order valence-electron chi connectivity index (χ3n) is 4.20. The van der Waals surface area contributed by atoms with Gasteiger partial charge in [-0.25, -0.2) is 0 Å². The van der Waals surface area contributed by atoms with Crippen LogP contribution in [0.3, 0.4) is 0 Å². The molecular formula is C19H16N6O6S2. The first-order valence-corrected chi connectivity index (χ1v) is 11.1. The number of nitro benzene ring substituents is 2. The summed E-state index contributed by atoms with van der Waals surface area (Å²) in [7, 11) is 0. The monoisotopic (exact) mass is 488 g/mol. The number of rotatable bonds is 9. The zero-order chi connectivity index (χ0) is 24.0. The number of nitrogens with zero attached hydrogens (tertiary/aromatic N) is 4. The Balaban J connectivity index is 1.61. The van der Waals surface area contributed by atoms with Gasteiger partial charge in [0.15, 0.2) is 4.34 Å². The van der Waals surface area contributed by atoms with Crippen LogP contribution in [-0.4, -0.2) is 37.1 Å². The molecule has 0 saturated heterocycles. The fourth-order valence-electron chi connectivity index (χ4n) is 2.58. The lowest BCUT2D eigenvalue weighted by Crippen LogP contribution is -2.24. The van der Waals surface area contributed by atoms with Gasteiger partial charge >= 0.3 is 0 Å². The SMILES string of the molecule is CCC(Sc1nnc(NC(=O)c2ccc([N+](=O)[O-])cc2)s1)C(=O)Nc1cccc([N+](=O)[O-])c1. The Bertz CT molecular complexity index is 1200. The fourth-order valence-corrected chi connectivity index (χ4v) is 4.49. The van der Waals surface area contributed by atoms with Gasteiger partial charge in [-0.15, -0.1) is 10.2 Å². The van der Waals surface area contributed by atoms with E-state index >= 15 is 0 Å². The van der Waals surface area contributed by atoms with Crippen LogP contribution in [0.5, 0.6) is 0 Å². The molecule has 2 aromatic carbocycles. The average Bonchev–Trinajstić information content (AvgIpc) is 3.24. The number of hydrogen-bond donors (Lipinski definition) is 2. The van der Waals surface area contributed by atoms with Gasteiger partial charge in [0, 0.05) is 35.5 Å². The summed E-state index contributed by atoms with van der Waals surface area (Å²) in [4.78, 5) is 45.4. The lowest BCUT2D eigenvalue weighted by molar-refractivity contribution is -0.385. The van der Waals surface area contributed by atoms with Gasteiger partial charge in [0.1, 0.15) is 0 Å². The van der Waals surface area contributed by atoms with E-state index in [4.69, 9.17) is 0 Å². The van der Waals surface area contributed by atoms with E-state index in [-0.39, 0.29) is 28.0 Å². The first kappa shape index (κ1) is 23.7. The molecule has 0 aliphatic heterocycles. The van der Waals surface area contributed by atoms with Crippen molar-refractivity contribution in [2.45, 2.75) is 22.9 Å². The van der Waals surface area contributed by atoms with Crippen molar-refractivity contribution >= 4 is 57.1 Å². The van der Waals surface area contributed by atoms with Crippen molar-refractivity contribution < 1.29 is 19.4 Å². The minimum Gasteiger partial charge on any atom is -0.325 e. The third-order valence-corrected chi connectivity index (χ3v) is 6.49. The standard InChI is InChI=1S/C19H16N6O6S2/c1-2-15(17(27)20-12-4-3-5-14(10-12)25(30)31)32-19-23-22-18(33-19)21-16(26)11-6-8-13(9-7-11)24(28)29/h3-10,15H,2H2,1H3,(H,20,27)(H,21,22,26). The Morgan fingerprint density at radius 2 is 1.73 bits per heavy atom. The van der Waals surface area contributed by atoms with Crippen molar-refractivity contribution in [3.05, 3.63) is 74.3 Å². The summed E-state index contributed by atoms with van der Waals surface area (Å²) in [5, 5.41) is 34.4. The molecule has 0 spiro atoms. The molecule has 2 N–H and O–H groups in total. The van der Waals surface area contributed by atoms with E-state index in [0.717, 1.165) is 23.1 Å². The number of amides is 2. The smallest absolute Gasteiger partial charge is 0.271 e. The predicted octanol–water partition coefficient (Wildman–Crippen LogP) is 4.12. The van der Waals surface area contributed by atoms with Gasteiger partial charge in [-0.3, -0.25) is 35.1 Å². The van der Waals surface area contributed by atoms with Crippen LogP contribution in [0.4, 0.5) is 22.2 Å². The second kappa shape index (κ2) is 10.6. The molecule has 0 saturated carbocycles. The van der Waals surface area contributed by atoms with E-state index in [9.17, 15) is 29.8 Å². The number of hydrogen-bond acceptors (Lipinski definition) is 10. The van der Waals surface area contributed by atoms with Gasteiger partial charge < -0.3 is 5.32 Å². The maximum Gasteiger partial charge on any atom is 0.271 e. The van der Waals surface area contributed by atoms with Crippen LogP contribution < -0.4 is 10.6 Å². The molecule has 33 heavy (non-hydrogen) atoms. The molecule has 14 heteroatoms. The number of carbonyl (C=O) groups excluding carboxylic acids is 2. The summed E-state index contributed by atoms with van der Waals surface area (Å²) in [6, 6.07) is 10.7. The number of benzene rings is 2. The van der Waals surface area contributed by atoms with Gasteiger partial charge in [0.25, 0.3) is 17.3 Å². The van der Waals surface area contributed by atoms with Crippen molar-refractivity contribution in [3.8, 4) is 0 Å². The summed E-state index contributed by atoms with van der Waals surface area (Å²) >= 11 is 2.22. The first-order chi connectivity index (χ1) is 15.8. The molecule has 0 aliphatic rings. The molecule has 170 valence electrons. The Labute approximate surface area is 194 Å². The van der Waals surface area contributed by atoms with E-state index in [1.165, 1.54) is 42.5 Å². The summed E-state index contributed by atoms with van der Waals surface area (Å²) in [6.07, 6.45) is 0.454. The van der Waals surface area contributed by atoms with Crippen molar-refractivity contribution in [1.82, 2.24) is 10.2 Å². The van der Waals surface area contributed by atoms with Crippen molar-refractivity contribution in [1.29, 1.82) is 0 Å². The van der Waals surface area contributed by atoms with Crippen molar-refractivity contribution in [3.63, 3.8) is 0 Å². The van der Waals surface area contributed by atoms with Crippen LogP contribution in [0.1, 0.15) is 23.7 Å². The maximum atomic E-state index is 12.6. The Kier molecular flexibility index (Phi) is 7.63. The third kappa shape index (κ3) is 6.30. The summed E-state index contributed by atoms with van der Waals surface area (Å²) in [5.74, 6) is -0.859. The number of non-ortho nitro benzene ring substituents is 2. The minimum atomic E-state index is -0.560. The van der Waals surface area contributed by atoms with E-state index in [1.807, 2.05) is 6.92 Å². The number of thioether (sulfide) groups is 1. The zero-order valence-corrected chi connectivity index (χ0v) is 18.6. The largest absolute Gasteiger partial charge is 0.325 e. The Morgan fingerprint density at radius 3 is 2.36 bits per heavy atom. The summed E-state index contributed by atoms with van der Waals surface area (Å²) < 4.78 is 0.440. The van der Waals surface area contributed by atoms with Crippen LogP contribution in [0.2, 0.25) is 0 Å². The quantitative estimate of drug-likeness (QED) is 0.195. The van der Waals surface area contributed by atoms with Gasteiger partial charge in [0.2, 0.25) is 11.0 Å².